The lowest BCUT2D eigenvalue weighted by Gasteiger charge is -2.28. The second kappa shape index (κ2) is 8.28. The van der Waals surface area contributed by atoms with E-state index in [2.05, 4.69) is 12.2 Å². The van der Waals surface area contributed by atoms with E-state index in [0.717, 1.165) is 30.3 Å². The van der Waals surface area contributed by atoms with Gasteiger partial charge in [0.25, 0.3) is 0 Å². The number of anilines is 1. The van der Waals surface area contributed by atoms with E-state index in [1.807, 2.05) is 33.8 Å². The molecule has 1 aromatic heterocycles. The predicted molar refractivity (Wildman–Crippen MR) is 102 cm³/mol. The van der Waals surface area contributed by atoms with Crippen molar-refractivity contribution in [3.05, 3.63) is 35.8 Å². The van der Waals surface area contributed by atoms with Gasteiger partial charge in [-0.15, -0.1) is 0 Å². The molecule has 0 radical (unpaired) electrons. The van der Waals surface area contributed by atoms with Crippen LogP contribution in [0.5, 0.6) is 0 Å². The number of fused-ring (bicyclic) bond motifs is 1. The fraction of sp³-hybridized carbons (Fsp3) is 0.500. The number of amides is 2. The topological polar surface area (TPSA) is 45.2 Å². The van der Waals surface area contributed by atoms with Gasteiger partial charge in [0.15, 0.2) is 0 Å². The average Bonchev–Trinajstić information content (AvgIpc) is 2.52. The first-order valence-corrected chi connectivity index (χ1v) is 9.02. The van der Waals surface area contributed by atoms with Crippen molar-refractivity contribution in [1.29, 1.82) is 0 Å². The number of aromatic nitrogens is 1. The summed E-state index contributed by atoms with van der Waals surface area (Å²) < 4.78 is 13.8. The van der Waals surface area contributed by atoms with Gasteiger partial charge in [0.05, 0.1) is 0 Å². The number of pyridine rings is 1. The minimum absolute atomic E-state index is 0.0139. The van der Waals surface area contributed by atoms with Crippen LogP contribution in [0.2, 0.25) is 0 Å². The number of benzene rings is 1. The normalized spacial score (nSPS) is 11.4. The van der Waals surface area contributed by atoms with Gasteiger partial charge in [-0.1, -0.05) is 19.4 Å². The Balaban J connectivity index is 2.61. The average molecular weight is 345 g/mol. The first-order valence-electron chi connectivity index (χ1n) is 9.02. The lowest BCUT2D eigenvalue weighted by molar-refractivity contribution is 0.242. The highest BCUT2D eigenvalue weighted by atomic mass is 19.1. The van der Waals surface area contributed by atoms with Crippen LogP contribution in [-0.2, 0) is 6.42 Å². The summed E-state index contributed by atoms with van der Waals surface area (Å²) in [7, 11) is 0. The van der Waals surface area contributed by atoms with E-state index in [4.69, 9.17) is 4.98 Å². The number of carbonyl (C=O) groups is 1. The Morgan fingerprint density at radius 1 is 1.24 bits per heavy atom. The monoisotopic (exact) mass is 345 g/mol. The number of nitrogens with zero attached hydrogens (tertiary/aromatic N) is 2. The van der Waals surface area contributed by atoms with Gasteiger partial charge in [0.2, 0.25) is 0 Å². The molecule has 136 valence electrons. The Hall–Kier alpha value is -2.17. The molecule has 25 heavy (non-hydrogen) atoms. The summed E-state index contributed by atoms with van der Waals surface area (Å²) >= 11 is 0. The van der Waals surface area contributed by atoms with Crippen molar-refractivity contribution in [2.24, 2.45) is 0 Å². The number of hydrogen-bond acceptors (Lipinski definition) is 2. The van der Waals surface area contributed by atoms with Crippen LogP contribution < -0.4 is 10.2 Å². The molecule has 1 N–H and O–H groups in total. The standard InChI is InChI=1S/C20H28FN3O/c1-6-7-8-17-11-15-9-10-16(21)12-18(15)19(23-17)24(14(4)5)20(25)22-13(2)3/h9-14H,6-8H2,1-5H3,(H,22,25). The Labute approximate surface area is 149 Å². The molecule has 0 fully saturated rings. The number of nitrogens with one attached hydrogen (secondary N) is 1. The van der Waals surface area contributed by atoms with Crippen LogP contribution in [0.25, 0.3) is 10.8 Å². The summed E-state index contributed by atoms with van der Waals surface area (Å²) in [6.45, 7) is 9.84. The summed E-state index contributed by atoms with van der Waals surface area (Å²) in [5.74, 6) is 0.195. The fourth-order valence-corrected chi connectivity index (χ4v) is 2.82. The molecule has 1 aromatic carbocycles. The highest BCUT2D eigenvalue weighted by Crippen LogP contribution is 2.29. The first kappa shape index (κ1) is 19.2. The third-order valence-electron chi connectivity index (χ3n) is 3.99. The van der Waals surface area contributed by atoms with E-state index in [0.29, 0.717) is 11.2 Å². The highest BCUT2D eigenvalue weighted by Gasteiger charge is 2.24. The largest absolute Gasteiger partial charge is 0.335 e. The molecule has 0 saturated carbocycles. The highest BCUT2D eigenvalue weighted by molar-refractivity contribution is 6.02. The second-order valence-electron chi connectivity index (χ2n) is 6.97. The number of rotatable bonds is 6. The van der Waals surface area contributed by atoms with Gasteiger partial charge in [0.1, 0.15) is 11.6 Å². The Bertz CT molecular complexity index is 743. The van der Waals surface area contributed by atoms with Gasteiger partial charge in [-0.3, -0.25) is 4.90 Å². The molecule has 0 spiro atoms. The maximum atomic E-state index is 13.8. The summed E-state index contributed by atoms with van der Waals surface area (Å²) in [5.41, 5.74) is 0.930. The van der Waals surface area contributed by atoms with Crippen LogP contribution >= 0.6 is 0 Å². The van der Waals surface area contributed by atoms with E-state index in [1.54, 1.807) is 11.0 Å². The second-order valence-corrected chi connectivity index (χ2v) is 6.97. The van der Waals surface area contributed by atoms with Gasteiger partial charge in [-0.2, -0.15) is 0 Å². The van der Waals surface area contributed by atoms with E-state index in [-0.39, 0.29) is 23.9 Å². The Morgan fingerprint density at radius 3 is 2.56 bits per heavy atom. The summed E-state index contributed by atoms with van der Waals surface area (Å²) in [6.07, 6.45) is 2.94. The van der Waals surface area contributed by atoms with Crippen molar-refractivity contribution in [3.63, 3.8) is 0 Å². The van der Waals surface area contributed by atoms with Crippen LogP contribution in [-0.4, -0.2) is 23.1 Å². The summed E-state index contributed by atoms with van der Waals surface area (Å²) in [5, 5.41) is 4.48. The maximum Gasteiger partial charge on any atom is 0.323 e. The molecule has 0 aliphatic carbocycles. The third kappa shape index (κ3) is 4.68. The lowest BCUT2D eigenvalue weighted by Crippen LogP contribution is -2.47. The van der Waals surface area contributed by atoms with Crippen molar-refractivity contribution in [2.75, 3.05) is 4.90 Å². The smallest absolute Gasteiger partial charge is 0.323 e. The summed E-state index contributed by atoms with van der Waals surface area (Å²) in [4.78, 5) is 19.1. The molecule has 5 heteroatoms. The molecule has 2 rings (SSSR count). The van der Waals surface area contributed by atoms with Gasteiger partial charge in [-0.25, -0.2) is 14.2 Å². The van der Waals surface area contributed by atoms with Crippen molar-refractivity contribution >= 4 is 22.6 Å². The van der Waals surface area contributed by atoms with E-state index in [1.165, 1.54) is 12.1 Å². The molecule has 0 aliphatic heterocycles. The molecule has 0 atom stereocenters. The zero-order chi connectivity index (χ0) is 18.6. The van der Waals surface area contributed by atoms with Crippen LogP contribution in [0.4, 0.5) is 15.0 Å². The number of hydrogen-bond donors (Lipinski definition) is 1. The van der Waals surface area contributed by atoms with Crippen LogP contribution in [0, 0.1) is 5.82 Å². The SMILES string of the molecule is CCCCc1cc2ccc(F)cc2c(N(C(=O)NC(C)C)C(C)C)n1. The minimum atomic E-state index is -0.329. The molecule has 2 amide bonds. The van der Waals surface area contributed by atoms with Gasteiger partial charge in [0, 0.05) is 23.2 Å². The number of carbonyl (C=O) groups excluding carboxylic acids is 1. The predicted octanol–water partition coefficient (Wildman–Crippen LogP) is 5.05. The van der Waals surface area contributed by atoms with E-state index in [9.17, 15) is 9.18 Å². The zero-order valence-electron chi connectivity index (χ0n) is 15.8. The molecule has 0 bridgehead atoms. The van der Waals surface area contributed by atoms with Gasteiger partial charge < -0.3 is 5.32 Å². The number of aryl methyl sites for hydroxylation is 1. The van der Waals surface area contributed by atoms with Crippen molar-refractivity contribution in [3.8, 4) is 0 Å². The zero-order valence-corrected chi connectivity index (χ0v) is 15.8. The number of urea groups is 1. The van der Waals surface area contributed by atoms with E-state index < -0.39 is 0 Å². The number of halogens is 1. The van der Waals surface area contributed by atoms with Crippen LogP contribution in [0.3, 0.4) is 0 Å². The third-order valence-corrected chi connectivity index (χ3v) is 3.99. The quantitative estimate of drug-likeness (QED) is 0.796. The van der Waals surface area contributed by atoms with Gasteiger partial charge >= 0.3 is 6.03 Å². The van der Waals surface area contributed by atoms with E-state index >= 15 is 0 Å². The Morgan fingerprint density at radius 2 is 1.96 bits per heavy atom. The molecule has 0 unspecified atom stereocenters. The number of unbranched alkanes of at least 4 members (excludes halogenated alkanes) is 1. The minimum Gasteiger partial charge on any atom is -0.335 e. The van der Waals surface area contributed by atoms with Crippen molar-refractivity contribution in [1.82, 2.24) is 10.3 Å². The molecular weight excluding hydrogens is 317 g/mol. The maximum absolute atomic E-state index is 13.8. The molecule has 4 nitrogen and oxygen atoms in total. The van der Waals surface area contributed by atoms with Crippen molar-refractivity contribution in [2.45, 2.75) is 66.0 Å². The molecule has 0 saturated heterocycles. The molecule has 0 aliphatic rings. The van der Waals surface area contributed by atoms with Gasteiger partial charge in [-0.05, 0) is 64.1 Å². The van der Waals surface area contributed by atoms with Crippen LogP contribution in [0.1, 0.15) is 53.2 Å². The van der Waals surface area contributed by atoms with Crippen LogP contribution in [0.15, 0.2) is 24.3 Å². The molecule has 2 aromatic rings. The molecule has 1 heterocycles. The Kier molecular flexibility index (Phi) is 6.34. The molecular formula is C20H28FN3O. The lowest BCUT2D eigenvalue weighted by atomic mass is 10.1. The van der Waals surface area contributed by atoms with Crippen molar-refractivity contribution < 1.29 is 9.18 Å². The fourth-order valence-electron chi connectivity index (χ4n) is 2.82. The first-order chi connectivity index (χ1) is 11.8. The summed E-state index contributed by atoms with van der Waals surface area (Å²) in [6, 6.07) is 6.36.